The standard InChI is InChI=1S/C15H24N2OS/c1-10-11(2)19-15(16-10)17-9-13(18)8-14(17)12-6-4-3-5-7-12/h12-14,18H,3-9H2,1-2H3/t13-,14-/m0/s1. The van der Waals surface area contributed by atoms with E-state index in [1.165, 1.54) is 37.0 Å². The third-order valence-corrected chi connectivity index (χ3v) is 5.89. The summed E-state index contributed by atoms with van der Waals surface area (Å²) in [7, 11) is 0. The maximum absolute atomic E-state index is 10.1. The molecule has 0 amide bonds. The predicted molar refractivity (Wildman–Crippen MR) is 79.9 cm³/mol. The molecule has 1 aromatic heterocycles. The number of rotatable bonds is 2. The summed E-state index contributed by atoms with van der Waals surface area (Å²) < 4.78 is 0. The normalized spacial score (nSPS) is 29.1. The molecule has 3 rings (SSSR count). The highest BCUT2D eigenvalue weighted by Crippen LogP contribution is 2.38. The molecule has 2 atom stereocenters. The van der Waals surface area contributed by atoms with E-state index in [-0.39, 0.29) is 6.10 Å². The number of aliphatic hydroxyl groups is 1. The number of anilines is 1. The molecule has 1 aliphatic carbocycles. The smallest absolute Gasteiger partial charge is 0.186 e. The van der Waals surface area contributed by atoms with Crippen molar-refractivity contribution in [2.24, 2.45) is 5.92 Å². The lowest BCUT2D eigenvalue weighted by Crippen LogP contribution is -2.36. The van der Waals surface area contributed by atoms with E-state index in [0.717, 1.165) is 29.7 Å². The Bertz CT molecular complexity index is 420. The fourth-order valence-electron chi connectivity index (χ4n) is 3.61. The van der Waals surface area contributed by atoms with Crippen molar-refractivity contribution >= 4 is 16.5 Å². The molecule has 0 bridgehead atoms. The molecule has 1 N–H and O–H groups in total. The molecular weight excluding hydrogens is 256 g/mol. The summed E-state index contributed by atoms with van der Waals surface area (Å²) in [5.41, 5.74) is 1.14. The summed E-state index contributed by atoms with van der Waals surface area (Å²) in [4.78, 5) is 8.40. The molecule has 2 fully saturated rings. The van der Waals surface area contributed by atoms with Crippen LogP contribution in [0.2, 0.25) is 0 Å². The molecule has 1 saturated carbocycles. The van der Waals surface area contributed by atoms with Crippen molar-refractivity contribution in [3.63, 3.8) is 0 Å². The van der Waals surface area contributed by atoms with Gasteiger partial charge in [0.25, 0.3) is 0 Å². The van der Waals surface area contributed by atoms with Gasteiger partial charge in [-0.15, -0.1) is 11.3 Å². The Kier molecular flexibility index (Phi) is 3.81. The maximum atomic E-state index is 10.1. The third-order valence-electron chi connectivity index (χ3n) is 4.78. The molecule has 19 heavy (non-hydrogen) atoms. The van der Waals surface area contributed by atoms with Crippen LogP contribution in [0.1, 0.15) is 49.1 Å². The number of nitrogens with zero attached hydrogens (tertiary/aromatic N) is 2. The second kappa shape index (κ2) is 5.41. The molecule has 0 aromatic carbocycles. The van der Waals surface area contributed by atoms with E-state index in [4.69, 9.17) is 4.98 Å². The second-order valence-electron chi connectivity index (χ2n) is 6.15. The average molecular weight is 280 g/mol. The van der Waals surface area contributed by atoms with Crippen molar-refractivity contribution in [1.29, 1.82) is 0 Å². The zero-order valence-electron chi connectivity index (χ0n) is 11.9. The van der Waals surface area contributed by atoms with Gasteiger partial charge in [0.2, 0.25) is 0 Å². The van der Waals surface area contributed by atoms with Crippen LogP contribution in [-0.4, -0.2) is 28.8 Å². The number of aryl methyl sites for hydroxylation is 2. The zero-order chi connectivity index (χ0) is 13.4. The molecule has 0 spiro atoms. The van der Waals surface area contributed by atoms with Gasteiger partial charge in [0.15, 0.2) is 5.13 Å². The minimum Gasteiger partial charge on any atom is -0.391 e. The fraction of sp³-hybridized carbons (Fsp3) is 0.800. The van der Waals surface area contributed by atoms with Crippen molar-refractivity contribution in [2.45, 2.75) is 64.5 Å². The van der Waals surface area contributed by atoms with Gasteiger partial charge in [-0.3, -0.25) is 0 Å². The van der Waals surface area contributed by atoms with Crippen LogP contribution in [0.3, 0.4) is 0 Å². The van der Waals surface area contributed by atoms with E-state index in [9.17, 15) is 5.11 Å². The molecule has 4 heteroatoms. The van der Waals surface area contributed by atoms with E-state index < -0.39 is 0 Å². The van der Waals surface area contributed by atoms with E-state index in [0.29, 0.717) is 6.04 Å². The summed E-state index contributed by atoms with van der Waals surface area (Å²) in [6.45, 7) is 4.99. The Labute approximate surface area is 119 Å². The molecule has 0 unspecified atom stereocenters. The van der Waals surface area contributed by atoms with Gasteiger partial charge in [0.05, 0.1) is 11.8 Å². The van der Waals surface area contributed by atoms with Gasteiger partial charge >= 0.3 is 0 Å². The summed E-state index contributed by atoms with van der Waals surface area (Å²) in [6.07, 6.45) is 7.54. The average Bonchev–Trinajstić information content (AvgIpc) is 2.95. The first kappa shape index (κ1) is 13.4. The number of hydrogen-bond donors (Lipinski definition) is 1. The van der Waals surface area contributed by atoms with E-state index >= 15 is 0 Å². The quantitative estimate of drug-likeness (QED) is 0.903. The van der Waals surface area contributed by atoms with Crippen LogP contribution in [0.25, 0.3) is 0 Å². The molecule has 1 aliphatic heterocycles. The number of thiazole rings is 1. The minimum absolute atomic E-state index is 0.170. The van der Waals surface area contributed by atoms with Gasteiger partial charge in [-0.2, -0.15) is 0 Å². The lowest BCUT2D eigenvalue weighted by Gasteiger charge is -2.33. The minimum atomic E-state index is -0.170. The topological polar surface area (TPSA) is 36.4 Å². The van der Waals surface area contributed by atoms with Crippen molar-refractivity contribution in [1.82, 2.24) is 4.98 Å². The lowest BCUT2D eigenvalue weighted by molar-refractivity contribution is 0.185. The van der Waals surface area contributed by atoms with Crippen molar-refractivity contribution in [2.75, 3.05) is 11.4 Å². The Morgan fingerprint density at radius 3 is 2.58 bits per heavy atom. The number of aromatic nitrogens is 1. The lowest BCUT2D eigenvalue weighted by atomic mass is 9.83. The van der Waals surface area contributed by atoms with Gasteiger partial charge in [-0.25, -0.2) is 4.98 Å². The Morgan fingerprint density at radius 2 is 1.95 bits per heavy atom. The summed E-state index contributed by atoms with van der Waals surface area (Å²) in [5.74, 6) is 0.760. The van der Waals surface area contributed by atoms with Crippen LogP contribution >= 0.6 is 11.3 Å². The molecule has 106 valence electrons. The van der Waals surface area contributed by atoms with Gasteiger partial charge < -0.3 is 10.0 Å². The van der Waals surface area contributed by atoms with Crippen molar-refractivity contribution in [3.05, 3.63) is 10.6 Å². The van der Waals surface area contributed by atoms with Gasteiger partial charge in [-0.1, -0.05) is 19.3 Å². The van der Waals surface area contributed by atoms with Gasteiger partial charge in [-0.05, 0) is 39.0 Å². The third kappa shape index (κ3) is 2.65. The molecule has 0 radical (unpaired) electrons. The molecule has 3 nitrogen and oxygen atoms in total. The van der Waals surface area contributed by atoms with Crippen LogP contribution in [0.5, 0.6) is 0 Å². The first-order valence-electron chi connectivity index (χ1n) is 7.54. The van der Waals surface area contributed by atoms with Crippen LogP contribution in [0.4, 0.5) is 5.13 Å². The summed E-state index contributed by atoms with van der Waals surface area (Å²) >= 11 is 1.79. The van der Waals surface area contributed by atoms with Crippen LogP contribution in [0.15, 0.2) is 0 Å². The highest BCUT2D eigenvalue weighted by Gasteiger charge is 2.38. The largest absolute Gasteiger partial charge is 0.391 e. The van der Waals surface area contributed by atoms with E-state index in [1.807, 2.05) is 0 Å². The molecule has 2 heterocycles. The van der Waals surface area contributed by atoms with Crippen LogP contribution < -0.4 is 4.90 Å². The van der Waals surface area contributed by atoms with Crippen LogP contribution in [0, 0.1) is 19.8 Å². The van der Waals surface area contributed by atoms with Gasteiger partial charge in [0.1, 0.15) is 0 Å². The highest BCUT2D eigenvalue weighted by atomic mass is 32.1. The van der Waals surface area contributed by atoms with Crippen molar-refractivity contribution in [3.8, 4) is 0 Å². The number of aliphatic hydroxyl groups excluding tert-OH is 1. The summed E-state index contributed by atoms with van der Waals surface area (Å²) in [6, 6.07) is 0.514. The van der Waals surface area contributed by atoms with Crippen molar-refractivity contribution < 1.29 is 5.11 Å². The predicted octanol–water partition coefficient (Wildman–Crippen LogP) is 3.28. The zero-order valence-corrected chi connectivity index (χ0v) is 12.7. The second-order valence-corrected chi connectivity index (χ2v) is 7.33. The molecule has 2 aliphatic rings. The Hall–Kier alpha value is -0.610. The highest BCUT2D eigenvalue weighted by molar-refractivity contribution is 7.15. The molecule has 1 saturated heterocycles. The molecule has 1 aromatic rings. The SMILES string of the molecule is Cc1nc(N2C[C@@H](O)C[C@H]2C2CCCCC2)sc1C. The monoisotopic (exact) mass is 280 g/mol. The first-order chi connectivity index (χ1) is 9.15. The number of β-amino-alcohol motifs (C(OH)–C–C–N with tert-alkyl or cyclic N) is 1. The number of hydrogen-bond acceptors (Lipinski definition) is 4. The molecular formula is C15H24N2OS. The fourth-order valence-corrected chi connectivity index (χ4v) is 4.58. The summed E-state index contributed by atoms with van der Waals surface area (Å²) in [5, 5.41) is 11.2. The van der Waals surface area contributed by atoms with Crippen LogP contribution in [-0.2, 0) is 0 Å². The maximum Gasteiger partial charge on any atom is 0.186 e. The van der Waals surface area contributed by atoms with Gasteiger partial charge in [0, 0.05) is 17.5 Å². The Balaban J connectivity index is 1.81. The van der Waals surface area contributed by atoms with E-state index in [1.54, 1.807) is 11.3 Å². The van der Waals surface area contributed by atoms with E-state index in [2.05, 4.69) is 18.7 Å². The Morgan fingerprint density at radius 1 is 1.21 bits per heavy atom. The first-order valence-corrected chi connectivity index (χ1v) is 8.35.